The minimum Gasteiger partial charge on any atom is -0.496 e. The standard InChI is InChI=1S/C15H17NO2S/c1-16-14(15-13(17-2)5-6-19-15)10-3-4-11-8-18-9-12(11)7-10/h3-7,14,16H,8-9H2,1-2H3. The Morgan fingerprint density at radius 3 is 2.89 bits per heavy atom. The molecule has 0 saturated heterocycles. The van der Waals surface area contributed by atoms with Gasteiger partial charge in [-0.15, -0.1) is 11.3 Å². The molecule has 0 aliphatic carbocycles. The molecule has 0 saturated carbocycles. The molecule has 4 heteroatoms. The van der Waals surface area contributed by atoms with Crippen LogP contribution in [0.15, 0.2) is 29.6 Å². The second kappa shape index (κ2) is 5.33. The first-order chi connectivity index (χ1) is 9.33. The average molecular weight is 275 g/mol. The van der Waals surface area contributed by atoms with Gasteiger partial charge in [0.05, 0.1) is 31.2 Å². The highest BCUT2D eigenvalue weighted by molar-refractivity contribution is 7.10. The van der Waals surface area contributed by atoms with E-state index in [1.54, 1.807) is 18.4 Å². The minimum absolute atomic E-state index is 0.167. The van der Waals surface area contributed by atoms with Crippen molar-refractivity contribution in [2.24, 2.45) is 0 Å². The fourth-order valence-electron chi connectivity index (χ4n) is 2.51. The fourth-order valence-corrected chi connectivity index (χ4v) is 3.50. The van der Waals surface area contributed by atoms with Crippen molar-refractivity contribution in [1.29, 1.82) is 0 Å². The third-order valence-electron chi connectivity index (χ3n) is 3.51. The largest absolute Gasteiger partial charge is 0.496 e. The van der Waals surface area contributed by atoms with E-state index >= 15 is 0 Å². The molecule has 1 aliphatic heterocycles. The topological polar surface area (TPSA) is 30.5 Å². The van der Waals surface area contributed by atoms with Crippen LogP contribution >= 0.6 is 11.3 Å². The van der Waals surface area contributed by atoms with E-state index in [2.05, 4.69) is 28.9 Å². The quantitative estimate of drug-likeness (QED) is 0.930. The van der Waals surface area contributed by atoms with Crippen molar-refractivity contribution in [3.05, 3.63) is 51.2 Å². The molecule has 0 amide bonds. The van der Waals surface area contributed by atoms with Crippen LogP contribution in [-0.2, 0) is 18.0 Å². The molecule has 1 aromatic carbocycles. The monoisotopic (exact) mass is 275 g/mol. The predicted octanol–water partition coefficient (Wildman–Crippen LogP) is 3.10. The van der Waals surface area contributed by atoms with Gasteiger partial charge in [0, 0.05) is 0 Å². The summed E-state index contributed by atoms with van der Waals surface area (Å²) in [4.78, 5) is 1.21. The molecule has 0 spiro atoms. The molecular weight excluding hydrogens is 258 g/mol. The first-order valence-corrected chi connectivity index (χ1v) is 7.19. The SMILES string of the molecule is CNC(c1ccc2c(c1)COC2)c1sccc1OC. The Kier molecular flexibility index (Phi) is 3.55. The molecule has 0 bridgehead atoms. The van der Waals surface area contributed by atoms with Crippen LogP contribution in [-0.4, -0.2) is 14.2 Å². The molecule has 2 heterocycles. The summed E-state index contributed by atoms with van der Waals surface area (Å²) >= 11 is 1.72. The summed E-state index contributed by atoms with van der Waals surface area (Å²) in [5, 5.41) is 5.44. The van der Waals surface area contributed by atoms with Crippen LogP contribution in [0.5, 0.6) is 5.75 Å². The zero-order chi connectivity index (χ0) is 13.2. The van der Waals surface area contributed by atoms with Gasteiger partial charge < -0.3 is 14.8 Å². The zero-order valence-corrected chi connectivity index (χ0v) is 11.9. The predicted molar refractivity (Wildman–Crippen MR) is 76.7 cm³/mol. The number of hydrogen-bond donors (Lipinski definition) is 1. The van der Waals surface area contributed by atoms with Crippen molar-refractivity contribution in [2.45, 2.75) is 19.3 Å². The third-order valence-corrected chi connectivity index (χ3v) is 4.47. The van der Waals surface area contributed by atoms with Gasteiger partial charge in [0.1, 0.15) is 5.75 Å². The normalized spacial score (nSPS) is 15.3. The maximum absolute atomic E-state index is 5.48. The van der Waals surface area contributed by atoms with Crippen LogP contribution in [0.3, 0.4) is 0 Å². The van der Waals surface area contributed by atoms with Crippen LogP contribution in [0.2, 0.25) is 0 Å². The summed E-state index contributed by atoms with van der Waals surface area (Å²) in [6.45, 7) is 1.46. The lowest BCUT2D eigenvalue weighted by Gasteiger charge is -2.17. The first-order valence-electron chi connectivity index (χ1n) is 6.31. The number of hydrogen-bond acceptors (Lipinski definition) is 4. The number of fused-ring (bicyclic) bond motifs is 1. The van der Waals surface area contributed by atoms with E-state index in [4.69, 9.17) is 9.47 Å². The number of rotatable bonds is 4. The summed E-state index contributed by atoms with van der Waals surface area (Å²) in [7, 11) is 3.70. The van der Waals surface area contributed by atoms with Gasteiger partial charge in [-0.1, -0.05) is 18.2 Å². The van der Waals surface area contributed by atoms with Gasteiger partial charge >= 0.3 is 0 Å². The van der Waals surface area contributed by atoms with Crippen molar-refractivity contribution in [3.8, 4) is 5.75 Å². The maximum atomic E-state index is 5.48. The van der Waals surface area contributed by atoms with Gasteiger partial charge in [-0.25, -0.2) is 0 Å². The average Bonchev–Trinajstić information content (AvgIpc) is 3.07. The van der Waals surface area contributed by atoms with Crippen LogP contribution in [0.1, 0.15) is 27.6 Å². The molecule has 1 atom stereocenters. The molecule has 0 radical (unpaired) electrons. The van der Waals surface area contributed by atoms with Gasteiger partial charge in [0.15, 0.2) is 0 Å². The van der Waals surface area contributed by atoms with E-state index in [1.807, 2.05) is 13.1 Å². The van der Waals surface area contributed by atoms with Crippen molar-refractivity contribution in [1.82, 2.24) is 5.32 Å². The van der Waals surface area contributed by atoms with Gasteiger partial charge in [-0.3, -0.25) is 0 Å². The highest BCUT2D eigenvalue weighted by Crippen LogP contribution is 2.35. The van der Waals surface area contributed by atoms with E-state index in [-0.39, 0.29) is 6.04 Å². The number of ether oxygens (including phenoxy) is 2. The number of nitrogens with one attached hydrogen (secondary N) is 1. The smallest absolute Gasteiger partial charge is 0.134 e. The Morgan fingerprint density at radius 2 is 2.11 bits per heavy atom. The van der Waals surface area contributed by atoms with E-state index in [9.17, 15) is 0 Å². The van der Waals surface area contributed by atoms with Crippen molar-refractivity contribution >= 4 is 11.3 Å². The molecule has 19 heavy (non-hydrogen) atoms. The molecule has 1 N–H and O–H groups in total. The Bertz CT molecular complexity index is 579. The lowest BCUT2D eigenvalue weighted by Crippen LogP contribution is -2.17. The molecule has 1 aromatic heterocycles. The fraction of sp³-hybridized carbons (Fsp3) is 0.333. The summed E-state index contributed by atoms with van der Waals surface area (Å²) in [6, 6.07) is 8.76. The Morgan fingerprint density at radius 1 is 1.26 bits per heavy atom. The van der Waals surface area contributed by atoms with E-state index in [0.29, 0.717) is 0 Å². The van der Waals surface area contributed by atoms with Crippen LogP contribution in [0, 0.1) is 0 Å². The molecule has 3 nitrogen and oxygen atoms in total. The van der Waals surface area contributed by atoms with Gasteiger partial charge in [-0.05, 0) is 35.2 Å². The molecule has 100 valence electrons. The lowest BCUT2D eigenvalue weighted by molar-refractivity contribution is 0.134. The van der Waals surface area contributed by atoms with Gasteiger partial charge in [0.2, 0.25) is 0 Å². The van der Waals surface area contributed by atoms with Crippen LogP contribution < -0.4 is 10.1 Å². The van der Waals surface area contributed by atoms with E-state index in [0.717, 1.165) is 19.0 Å². The molecule has 1 aliphatic rings. The van der Waals surface area contributed by atoms with Crippen LogP contribution in [0.25, 0.3) is 0 Å². The molecule has 0 fully saturated rings. The number of benzene rings is 1. The highest BCUT2D eigenvalue weighted by atomic mass is 32.1. The Hall–Kier alpha value is -1.36. The summed E-state index contributed by atoms with van der Waals surface area (Å²) in [5.74, 6) is 0.945. The first kappa shape index (κ1) is 12.7. The number of thiophene rings is 1. The Labute approximate surface area is 117 Å². The minimum atomic E-state index is 0.167. The zero-order valence-electron chi connectivity index (χ0n) is 11.1. The van der Waals surface area contributed by atoms with Crippen molar-refractivity contribution < 1.29 is 9.47 Å². The maximum Gasteiger partial charge on any atom is 0.134 e. The molecule has 1 unspecified atom stereocenters. The third kappa shape index (κ3) is 2.27. The molecule has 3 rings (SSSR count). The van der Waals surface area contributed by atoms with Crippen molar-refractivity contribution in [2.75, 3.05) is 14.2 Å². The van der Waals surface area contributed by atoms with Crippen LogP contribution in [0.4, 0.5) is 0 Å². The summed E-state index contributed by atoms with van der Waals surface area (Å²) in [6.07, 6.45) is 0. The molecule has 2 aromatic rings. The second-order valence-corrected chi connectivity index (χ2v) is 5.54. The second-order valence-electron chi connectivity index (χ2n) is 4.60. The summed E-state index contributed by atoms with van der Waals surface area (Å²) < 4.78 is 10.9. The molecular formula is C15H17NO2S. The highest BCUT2D eigenvalue weighted by Gasteiger charge is 2.20. The lowest BCUT2D eigenvalue weighted by atomic mass is 10.00. The van der Waals surface area contributed by atoms with Gasteiger partial charge in [-0.2, -0.15) is 0 Å². The Balaban J connectivity index is 1.98. The van der Waals surface area contributed by atoms with E-state index < -0.39 is 0 Å². The number of methoxy groups -OCH3 is 1. The van der Waals surface area contributed by atoms with E-state index in [1.165, 1.54) is 21.6 Å². The van der Waals surface area contributed by atoms with Crippen molar-refractivity contribution in [3.63, 3.8) is 0 Å². The summed E-state index contributed by atoms with van der Waals surface area (Å²) in [5.41, 5.74) is 3.86. The van der Waals surface area contributed by atoms with Gasteiger partial charge in [0.25, 0.3) is 0 Å².